The number of nitrogens with two attached hydrogens (primary N) is 1. The molecule has 0 saturated carbocycles. The maximum Gasteiger partial charge on any atom is 0.126 e. The van der Waals surface area contributed by atoms with Gasteiger partial charge in [-0.05, 0) is 31.5 Å². The Bertz CT molecular complexity index is 579. The maximum atomic E-state index is 5.92. The number of ether oxygens (including phenoxy) is 1. The Kier molecular flexibility index (Phi) is 3.95. The van der Waals surface area contributed by atoms with Gasteiger partial charge in [0.1, 0.15) is 5.75 Å². The zero-order valence-electron chi connectivity index (χ0n) is 11.7. The Morgan fingerprint density at radius 3 is 2.58 bits per heavy atom. The number of benzene rings is 2. The monoisotopic (exact) mass is 256 g/mol. The summed E-state index contributed by atoms with van der Waals surface area (Å²) >= 11 is 0. The largest absolute Gasteiger partial charge is 0.496 e. The molecule has 0 spiro atoms. The van der Waals surface area contributed by atoms with E-state index in [1.807, 2.05) is 24.3 Å². The minimum atomic E-state index is 0.694. The van der Waals surface area contributed by atoms with Gasteiger partial charge in [-0.3, -0.25) is 0 Å². The molecule has 3 nitrogen and oxygen atoms in total. The Hall–Kier alpha value is -2.16. The quantitative estimate of drug-likeness (QED) is 0.823. The molecule has 0 heterocycles. The maximum absolute atomic E-state index is 5.92. The molecule has 0 aromatic heterocycles. The fraction of sp³-hybridized carbons (Fsp3) is 0.250. The molecule has 0 amide bonds. The highest BCUT2D eigenvalue weighted by Crippen LogP contribution is 2.26. The number of anilines is 2. The van der Waals surface area contributed by atoms with Crippen molar-refractivity contribution < 1.29 is 4.74 Å². The van der Waals surface area contributed by atoms with Gasteiger partial charge in [-0.2, -0.15) is 0 Å². The van der Waals surface area contributed by atoms with Crippen LogP contribution in [0.3, 0.4) is 0 Å². The summed E-state index contributed by atoms with van der Waals surface area (Å²) in [6.45, 7) is 4.85. The second kappa shape index (κ2) is 5.65. The summed E-state index contributed by atoms with van der Waals surface area (Å²) in [4.78, 5) is 0. The highest BCUT2D eigenvalue weighted by atomic mass is 16.5. The van der Waals surface area contributed by atoms with Crippen LogP contribution in [0.5, 0.6) is 5.75 Å². The van der Waals surface area contributed by atoms with E-state index in [-0.39, 0.29) is 0 Å². The molecule has 0 radical (unpaired) electrons. The van der Waals surface area contributed by atoms with Crippen LogP contribution in [0.15, 0.2) is 36.4 Å². The summed E-state index contributed by atoms with van der Waals surface area (Å²) in [6.07, 6.45) is 0. The summed E-state index contributed by atoms with van der Waals surface area (Å²) < 4.78 is 5.48. The number of hydrogen-bond acceptors (Lipinski definition) is 3. The third-order valence-electron chi connectivity index (χ3n) is 3.13. The van der Waals surface area contributed by atoms with E-state index < -0.39 is 0 Å². The molecule has 0 aliphatic rings. The predicted molar refractivity (Wildman–Crippen MR) is 80.6 cm³/mol. The molecule has 2 aromatic rings. The van der Waals surface area contributed by atoms with E-state index in [2.05, 4.69) is 31.3 Å². The lowest BCUT2D eigenvalue weighted by Crippen LogP contribution is -2.05. The van der Waals surface area contributed by atoms with E-state index in [9.17, 15) is 0 Å². The van der Waals surface area contributed by atoms with Crippen LogP contribution < -0.4 is 15.8 Å². The van der Waals surface area contributed by atoms with E-state index >= 15 is 0 Å². The second-order valence-corrected chi connectivity index (χ2v) is 4.71. The lowest BCUT2D eigenvalue weighted by Gasteiger charge is -2.15. The zero-order chi connectivity index (χ0) is 13.8. The SMILES string of the molecule is COc1c(C)cc(C)cc1CNc1ccccc1N. The number of aryl methyl sites for hydroxylation is 2. The molecule has 100 valence electrons. The van der Waals surface area contributed by atoms with Gasteiger partial charge in [0.2, 0.25) is 0 Å². The Morgan fingerprint density at radius 1 is 1.16 bits per heavy atom. The average Bonchev–Trinajstić information content (AvgIpc) is 2.37. The lowest BCUT2D eigenvalue weighted by atomic mass is 10.1. The first-order chi connectivity index (χ1) is 9.11. The van der Waals surface area contributed by atoms with Crippen molar-refractivity contribution in [2.24, 2.45) is 0 Å². The molecule has 0 aliphatic carbocycles. The number of para-hydroxylation sites is 2. The van der Waals surface area contributed by atoms with Crippen LogP contribution in [-0.2, 0) is 6.54 Å². The van der Waals surface area contributed by atoms with Crippen LogP contribution in [0.2, 0.25) is 0 Å². The second-order valence-electron chi connectivity index (χ2n) is 4.71. The molecular weight excluding hydrogens is 236 g/mol. The van der Waals surface area contributed by atoms with Gasteiger partial charge in [0, 0.05) is 12.1 Å². The molecule has 2 aromatic carbocycles. The molecule has 19 heavy (non-hydrogen) atoms. The first kappa shape index (κ1) is 13.3. The smallest absolute Gasteiger partial charge is 0.126 e. The molecule has 0 bridgehead atoms. The molecular formula is C16H20N2O. The van der Waals surface area contributed by atoms with Gasteiger partial charge < -0.3 is 15.8 Å². The van der Waals surface area contributed by atoms with E-state index in [1.165, 1.54) is 5.56 Å². The van der Waals surface area contributed by atoms with Crippen molar-refractivity contribution in [3.8, 4) is 5.75 Å². The van der Waals surface area contributed by atoms with Crippen LogP contribution >= 0.6 is 0 Å². The van der Waals surface area contributed by atoms with Crippen LogP contribution in [0, 0.1) is 13.8 Å². The first-order valence-corrected chi connectivity index (χ1v) is 6.34. The Morgan fingerprint density at radius 2 is 1.89 bits per heavy atom. The van der Waals surface area contributed by atoms with Crippen molar-refractivity contribution in [2.75, 3.05) is 18.2 Å². The number of rotatable bonds is 4. The van der Waals surface area contributed by atoms with E-state index in [1.54, 1.807) is 7.11 Å². The fourth-order valence-corrected chi connectivity index (χ4v) is 2.31. The molecule has 3 N–H and O–H groups in total. The first-order valence-electron chi connectivity index (χ1n) is 6.34. The van der Waals surface area contributed by atoms with Crippen LogP contribution in [0.25, 0.3) is 0 Å². The summed E-state index contributed by atoms with van der Waals surface area (Å²) in [5, 5.41) is 3.35. The van der Waals surface area contributed by atoms with Crippen molar-refractivity contribution in [2.45, 2.75) is 20.4 Å². The van der Waals surface area contributed by atoms with Gasteiger partial charge >= 0.3 is 0 Å². The molecule has 2 rings (SSSR count). The topological polar surface area (TPSA) is 47.3 Å². The highest BCUT2D eigenvalue weighted by Gasteiger charge is 2.07. The normalized spacial score (nSPS) is 10.3. The van der Waals surface area contributed by atoms with Crippen molar-refractivity contribution in [3.63, 3.8) is 0 Å². The average molecular weight is 256 g/mol. The molecule has 0 aliphatic heterocycles. The number of nitrogen functional groups attached to an aromatic ring is 1. The van der Waals surface area contributed by atoms with Crippen LogP contribution in [0.4, 0.5) is 11.4 Å². The molecule has 3 heteroatoms. The summed E-state index contributed by atoms with van der Waals surface area (Å²) in [5.41, 5.74) is 11.2. The lowest BCUT2D eigenvalue weighted by molar-refractivity contribution is 0.407. The van der Waals surface area contributed by atoms with Crippen molar-refractivity contribution in [1.29, 1.82) is 0 Å². The highest BCUT2D eigenvalue weighted by molar-refractivity contribution is 5.65. The Balaban J connectivity index is 2.22. The van der Waals surface area contributed by atoms with E-state index in [0.717, 1.165) is 28.3 Å². The Labute approximate surface area is 114 Å². The van der Waals surface area contributed by atoms with E-state index in [4.69, 9.17) is 10.5 Å². The minimum absolute atomic E-state index is 0.694. The van der Waals surface area contributed by atoms with Crippen LogP contribution in [-0.4, -0.2) is 7.11 Å². The summed E-state index contributed by atoms with van der Waals surface area (Å²) in [5.74, 6) is 0.938. The van der Waals surface area contributed by atoms with Crippen molar-refractivity contribution in [1.82, 2.24) is 0 Å². The van der Waals surface area contributed by atoms with Crippen LogP contribution in [0.1, 0.15) is 16.7 Å². The molecule has 0 unspecified atom stereocenters. The standard InChI is InChI=1S/C16H20N2O/c1-11-8-12(2)16(19-3)13(9-11)10-18-15-7-5-4-6-14(15)17/h4-9,18H,10,17H2,1-3H3. The number of hydrogen-bond donors (Lipinski definition) is 2. The van der Waals surface area contributed by atoms with Gasteiger partial charge in [-0.25, -0.2) is 0 Å². The van der Waals surface area contributed by atoms with Gasteiger partial charge in [-0.15, -0.1) is 0 Å². The third kappa shape index (κ3) is 2.99. The van der Waals surface area contributed by atoms with Gasteiger partial charge in [0.25, 0.3) is 0 Å². The number of nitrogens with one attached hydrogen (secondary N) is 1. The van der Waals surface area contributed by atoms with Gasteiger partial charge in [0.15, 0.2) is 0 Å². The minimum Gasteiger partial charge on any atom is -0.496 e. The molecule has 0 saturated heterocycles. The molecule has 0 fully saturated rings. The predicted octanol–water partition coefficient (Wildman–Crippen LogP) is 3.51. The fourth-order valence-electron chi connectivity index (χ4n) is 2.31. The van der Waals surface area contributed by atoms with Crippen molar-refractivity contribution in [3.05, 3.63) is 53.1 Å². The third-order valence-corrected chi connectivity index (χ3v) is 3.13. The van der Waals surface area contributed by atoms with Gasteiger partial charge in [0.05, 0.1) is 18.5 Å². The van der Waals surface area contributed by atoms with Gasteiger partial charge in [-0.1, -0.05) is 29.8 Å². The molecule has 0 atom stereocenters. The van der Waals surface area contributed by atoms with Crippen molar-refractivity contribution >= 4 is 11.4 Å². The zero-order valence-corrected chi connectivity index (χ0v) is 11.7. The van der Waals surface area contributed by atoms with E-state index in [0.29, 0.717) is 6.54 Å². The number of methoxy groups -OCH3 is 1. The summed E-state index contributed by atoms with van der Waals surface area (Å²) in [6, 6.07) is 12.0. The summed E-state index contributed by atoms with van der Waals surface area (Å²) in [7, 11) is 1.71.